The lowest BCUT2D eigenvalue weighted by molar-refractivity contribution is 0.0297. The maximum absolute atomic E-state index is 14.4. The number of pyridine rings is 1. The van der Waals surface area contributed by atoms with Crippen LogP contribution in [0.1, 0.15) is 58.7 Å². The van der Waals surface area contributed by atoms with Crippen molar-refractivity contribution < 1.29 is 41.5 Å². The van der Waals surface area contributed by atoms with Crippen LogP contribution in [0.5, 0.6) is 5.75 Å². The van der Waals surface area contributed by atoms with Crippen molar-refractivity contribution in [3.8, 4) is 5.75 Å². The second-order valence-corrected chi connectivity index (χ2v) is 13.6. The number of ether oxygens (including phenoxy) is 2. The summed E-state index contributed by atoms with van der Waals surface area (Å²) in [5, 5.41) is 4.34. The van der Waals surface area contributed by atoms with Crippen LogP contribution in [0.3, 0.4) is 0 Å². The minimum absolute atomic E-state index is 0.0110. The number of fused-ring (bicyclic) bond motifs is 1. The Hall–Kier alpha value is -4.10. The number of nitrogens with one attached hydrogen (secondary N) is 1. The summed E-state index contributed by atoms with van der Waals surface area (Å²) in [5.41, 5.74) is -1.59. The highest BCUT2D eigenvalue weighted by Crippen LogP contribution is 2.48. The summed E-state index contributed by atoms with van der Waals surface area (Å²) in [5.74, 6) is -3.35. The summed E-state index contributed by atoms with van der Waals surface area (Å²) in [7, 11) is -1.80. The van der Waals surface area contributed by atoms with E-state index in [1.54, 1.807) is 45.2 Å². The molecular weight excluding hydrogens is 649 g/mol. The molecule has 1 fully saturated rings. The number of benzene rings is 2. The summed E-state index contributed by atoms with van der Waals surface area (Å²) in [4.78, 5) is 43.2. The summed E-state index contributed by atoms with van der Waals surface area (Å²) < 4.78 is 65.3. The van der Waals surface area contributed by atoms with Crippen molar-refractivity contribution >= 4 is 19.4 Å². The Morgan fingerprint density at radius 3 is 2.46 bits per heavy atom. The van der Waals surface area contributed by atoms with Crippen molar-refractivity contribution in [2.24, 2.45) is 0 Å². The molecule has 1 saturated heterocycles. The molecule has 1 spiro atoms. The number of carbonyl (C=O) groups excluding carboxylic acids is 2. The predicted molar refractivity (Wildman–Crippen MR) is 173 cm³/mol. The Balaban J connectivity index is 1.58. The Bertz CT molecular complexity index is 1740. The fourth-order valence-corrected chi connectivity index (χ4v) is 7.60. The lowest BCUT2D eigenvalue weighted by Gasteiger charge is -2.52. The van der Waals surface area contributed by atoms with Crippen molar-refractivity contribution in [1.29, 1.82) is 0 Å². The predicted octanol–water partition coefficient (Wildman–Crippen LogP) is 4.43. The van der Waals surface area contributed by atoms with E-state index in [1.165, 1.54) is 21.8 Å². The first kappa shape index (κ1) is 35.2. The highest BCUT2D eigenvalue weighted by atomic mass is 31.2. The van der Waals surface area contributed by atoms with Crippen LogP contribution >= 0.6 is 7.60 Å². The van der Waals surface area contributed by atoms with Gasteiger partial charge in [0.15, 0.2) is 17.1 Å². The zero-order valence-electron chi connectivity index (χ0n) is 27.1. The third-order valence-corrected chi connectivity index (χ3v) is 10.5. The van der Waals surface area contributed by atoms with Crippen LogP contribution in [0, 0.1) is 11.6 Å². The van der Waals surface area contributed by atoms with Crippen molar-refractivity contribution in [3.63, 3.8) is 0 Å². The van der Waals surface area contributed by atoms with E-state index in [9.17, 15) is 27.7 Å². The third kappa shape index (κ3) is 7.17. The van der Waals surface area contributed by atoms with Gasteiger partial charge in [0.2, 0.25) is 5.43 Å². The molecule has 1 aromatic heterocycles. The Labute approximate surface area is 277 Å². The molecule has 2 aromatic carbocycles. The molecule has 0 aliphatic carbocycles. The summed E-state index contributed by atoms with van der Waals surface area (Å²) >= 11 is 0. The van der Waals surface area contributed by atoms with E-state index in [2.05, 4.69) is 5.32 Å². The Kier molecular flexibility index (Phi) is 11.0. The van der Waals surface area contributed by atoms with Gasteiger partial charge in [0.05, 0.1) is 32.6 Å². The van der Waals surface area contributed by atoms with Crippen LogP contribution < -0.4 is 20.5 Å². The van der Waals surface area contributed by atoms with Gasteiger partial charge in [-0.05, 0) is 31.9 Å². The van der Waals surface area contributed by atoms with Gasteiger partial charge in [-0.15, -0.1) is 0 Å². The van der Waals surface area contributed by atoms with Crippen LogP contribution in [-0.4, -0.2) is 73.2 Å². The minimum Gasteiger partial charge on any atom is -0.482 e. The highest BCUT2D eigenvalue weighted by Gasteiger charge is 2.52. The SMILES string of the molecule is CCOP(=O)(CCCN1n2cc(C(=O)NCc3ccc(F)cc3F)c(=O)c(OCc3ccccc3)c2C(=O)N(C)C12CCOC2)OCC. The molecule has 48 heavy (non-hydrogen) atoms. The first-order valence-electron chi connectivity index (χ1n) is 15.7. The van der Waals surface area contributed by atoms with E-state index >= 15 is 0 Å². The number of hydrogen-bond donors (Lipinski definition) is 1. The van der Waals surface area contributed by atoms with Gasteiger partial charge in [-0.25, -0.2) is 8.78 Å². The molecule has 258 valence electrons. The van der Waals surface area contributed by atoms with E-state index in [0.29, 0.717) is 24.7 Å². The van der Waals surface area contributed by atoms with Crippen molar-refractivity contribution in [1.82, 2.24) is 14.9 Å². The maximum Gasteiger partial charge on any atom is 0.330 e. The van der Waals surface area contributed by atoms with Crippen LogP contribution in [0.2, 0.25) is 0 Å². The topological polar surface area (TPSA) is 129 Å². The van der Waals surface area contributed by atoms with Crippen LogP contribution in [-0.2, 0) is 31.5 Å². The summed E-state index contributed by atoms with van der Waals surface area (Å²) in [6.07, 6.45) is 2.03. The maximum atomic E-state index is 14.4. The molecule has 15 heteroatoms. The second-order valence-electron chi connectivity index (χ2n) is 11.4. The standard InChI is InChI=1S/C33H39F2N4O8P/c1-4-46-48(43,47-5-2)17-9-15-39-33(14-16-44-22-33)37(3)32(42)28-30(45-21-23-10-7-6-8-11-23)29(40)26(20-38(28)39)31(41)36-19-24-12-13-25(34)18-27(24)35/h6-8,10-13,18,20H,4-5,9,14-17,19,21-22H2,1-3H3,(H,36,41). The average molecular weight is 689 g/mol. The molecule has 1 N–H and O–H groups in total. The minimum atomic E-state index is -3.42. The van der Waals surface area contributed by atoms with Gasteiger partial charge < -0.3 is 28.7 Å². The number of rotatable bonds is 14. The van der Waals surface area contributed by atoms with E-state index in [1.807, 2.05) is 11.1 Å². The number of nitrogens with zero attached hydrogens (tertiary/aromatic N) is 3. The van der Waals surface area contributed by atoms with E-state index in [0.717, 1.165) is 6.07 Å². The zero-order chi connectivity index (χ0) is 34.5. The van der Waals surface area contributed by atoms with Gasteiger partial charge in [-0.3, -0.25) is 28.6 Å². The van der Waals surface area contributed by atoms with E-state index in [4.69, 9.17) is 18.5 Å². The third-order valence-electron chi connectivity index (χ3n) is 8.38. The lowest BCUT2D eigenvalue weighted by Crippen LogP contribution is -2.70. The number of amides is 2. The first-order valence-corrected chi connectivity index (χ1v) is 17.5. The molecule has 0 bridgehead atoms. The molecule has 1 unspecified atom stereocenters. The van der Waals surface area contributed by atoms with Gasteiger partial charge >= 0.3 is 7.60 Å². The second kappa shape index (κ2) is 15.0. The molecule has 3 heterocycles. The van der Waals surface area contributed by atoms with Crippen molar-refractivity contribution in [3.05, 3.63) is 99.0 Å². The van der Waals surface area contributed by atoms with Gasteiger partial charge in [-0.1, -0.05) is 36.4 Å². The lowest BCUT2D eigenvalue weighted by atomic mass is 10.0. The molecule has 2 aliphatic rings. The van der Waals surface area contributed by atoms with Crippen molar-refractivity contribution in [2.45, 2.75) is 45.5 Å². The van der Waals surface area contributed by atoms with Gasteiger partial charge in [0, 0.05) is 44.4 Å². The molecule has 12 nitrogen and oxygen atoms in total. The van der Waals surface area contributed by atoms with Gasteiger partial charge in [-0.2, -0.15) is 0 Å². The van der Waals surface area contributed by atoms with Gasteiger partial charge in [0.1, 0.15) is 23.8 Å². The first-order chi connectivity index (χ1) is 23.0. The van der Waals surface area contributed by atoms with Crippen molar-refractivity contribution in [2.75, 3.05) is 51.2 Å². The largest absolute Gasteiger partial charge is 0.482 e. The number of likely N-dealkylation sites (N-methyl/N-ethyl adjacent to an activating group) is 1. The molecule has 3 aromatic rings. The monoisotopic (exact) mass is 688 g/mol. The number of hydrogen-bond acceptors (Lipinski definition) is 9. The van der Waals surface area contributed by atoms with Crippen LogP contribution in [0.15, 0.2) is 59.5 Å². The molecular formula is C33H39F2N4O8P. The van der Waals surface area contributed by atoms with Gasteiger partial charge in [0.25, 0.3) is 11.8 Å². The quantitative estimate of drug-likeness (QED) is 0.245. The van der Waals surface area contributed by atoms with Crippen LogP contribution in [0.25, 0.3) is 0 Å². The van der Waals surface area contributed by atoms with E-state index in [-0.39, 0.29) is 74.7 Å². The summed E-state index contributed by atoms with van der Waals surface area (Å²) in [6.45, 7) is 4.09. The molecule has 0 radical (unpaired) electrons. The number of carbonyl (C=O) groups is 2. The fraction of sp³-hybridized carbons (Fsp3) is 0.424. The number of halogens is 2. The molecule has 5 rings (SSSR count). The molecule has 1 atom stereocenters. The number of aromatic nitrogens is 1. The Morgan fingerprint density at radius 1 is 1.08 bits per heavy atom. The average Bonchev–Trinajstić information content (AvgIpc) is 3.55. The summed E-state index contributed by atoms with van der Waals surface area (Å²) in [6, 6.07) is 12.0. The Morgan fingerprint density at radius 2 is 1.81 bits per heavy atom. The van der Waals surface area contributed by atoms with E-state index < -0.39 is 42.1 Å². The normalized spacial score (nSPS) is 17.6. The highest BCUT2D eigenvalue weighted by molar-refractivity contribution is 7.53. The molecule has 2 amide bonds. The molecule has 2 aliphatic heterocycles. The zero-order valence-corrected chi connectivity index (χ0v) is 28.0. The van der Waals surface area contributed by atoms with Crippen LogP contribution in [0.4, 0.5) is 8.78 Å². The molecule has 0 saturated carbocycles. The smallest absolute Gasteiger partial charge is 0.330 e. The fourth-order valence-electron chi connectivity index (χ4n) is 5.95.